The zero-order valence-electron chi connectivity index (χ0n) is 17.5. The van der Waals surface area contributed by atoms with Crippen LogP contribution < -0.4 is 10.6 Å². The Bertz CT molecular complexity index is 1040. The number of carboxylic acids is 1. The second-order valence-corrected chi connectivity index (χ2v) is 6.62. The van der Waals surface area contributed by atoms with Crippen LogP contribution in [0.4, 0.5) is 5.69 Å². The number of amidine groups is 1. The monoisotopic (exact) mass is 405 g/mol. The number of aromatic hydroxyl groups is 1. The van der Waals surface area contributed by atoms with Crippen LogP contribution in [0, 0.1) is 17.3 Å². The summed E-state index contributed by atoms with van der Waals surface area (Å²) in [5.74, 6) is 4.71. The molecule has 0 bridgehead atoms. The Hall–Kier alpha value is -3.72. The second kappa shape index (κ2) is 10.2. The number of nitrogens with one attached hydrogen (secondary N) is 1. The third-order valence-electron chi connectivity index (χ3n) is 4.87. The van der Waals surface area contributed by atoms with Gasteiger partial charge in [0.15, 0.2) is 0 Å². The van der Waals surface area contributed by atoms with Gasteiger partial charge in [0.05, 0.1) is 0 Å². The molecule has 0 radical (unpaired) electrons. The molecule has 5 N–H and O–H groups in total. The summed E-state index contributed by atoms with van der Waals surface area (Å²) >= 11 is 0. The molecule has 0 aliphatic carbocycles. The summed E-state index contributed by atoms with van der Waals surface area (Å²) in [5.41, 5.74) is 9.65. The number of hydrogen-bond acceptors (Lipinski definition) is 4. The van der Waals surface area contributed by atoms with Crippen molar-refractivity contribution in [3.05, 3.63) is 53.1 Å². The van der Waals surface area contributed by atoms with E-state index in [1.54, 1.807) is 31.2 Å². The number of benzene rings is 2. The number of carbonyl (C=O) groups is 1. The number of carboxylic acid groups (broad SMARTS) is 1. The van der Waals surface area contributed by atoms with Crippen molar-refractivity contribution >= 4 is 23.6 Å². The van der Waals surface area contributed by atoms with Crippen LogP contribution in [0.5, 0.6) is 5.75 Å². The second-order valence-electron chi connectivity index (χ2n) is 6.62. The van der Waals surface area contributed by atoms with Gasteiger partial charge in [-0.25, -0.2) is 4.79 Å². The van der Waals surface area contributed by atoms with Crippen LogP contribution in [0.25, 0.3) is 17.2 Å². The fraction of sp³-hybridized carbons (Fsp3) is 0.250. The molecule has 0 atom stereocenters. The molecule has 0 heterocycles. The predicted molar refractivity (Wildman–Crippen MR) is 122 cm³/mol. The van der Waals surface area contributed by atoms with E-state index in [1.165, 1.54) is 6.08 Å². The molecule has 0 fully saturated rings. The zero-order chi connectivity index (χ0) is 22.3. The fourth-order valence-electron chi connectivity index (χ4n) is 3.40. The number of phenolic OH excluding ortho intramolecular Hbond substituents is 1. The van der Waals surface area contributed by atoms with Crippen molar-refractivity contribution in [2.75, 3.05) is 18.0 Å². The first-order valence-corrected chi connectivity index (χ1v) is 9.73. The van der Waals surface area contributed by atoms with Crippen LogP contribution in [-0.4, -0.2) is 35.1 Å². The molecule has 2 aromatic carbocycles. The molecule has 0 amide bonds. The molecule has 0 saturated heterocycles. The van der Waals surface area contributed by atoms with E-state index in [9.17, 15) is 9.90 Å². The molecule has 30 heavy (non-hydrogen) atoms. The van der Waals surface area contributed by atoms with E-state index < -0.39 is 5.97 Å². The molecule has 156 valence electrons. The van der Waals surface area contributed by atoms with Crippen molar-refractivity contribution in [2.24, 2.45) is 5.73 Å². The number of nitrogens with zero attached hydrogens (tertiary/aromatic N) is 1. The molecule has 6 nitrogen and oxygen atoms in total. The summed E-state index contributed by atoms with van der Waals surface area (Å²) in [6.07, 6.45) is 2.87. The Labute approximate surface area is 177 Å². The lowest BCUT2D eigenvalue weighted by Crippen LogP contribution is -2.21. The standard InChI is InChI=1S/C24H27N3O3/c1-4-7-8-18-16(10-14-22(29)30)9-12-20(24(25)26)23(18)19-13-11-17(15-21(19)28)27(5-2)6-3/h9-15,28H,5-6,8H2,1-3H3,(H3,25,26)(H,29,30). The topological polar surface area (TPSA) is 111 Å². The Morgan fingerprint density at radius 1 is 1.23 bits per heavy atom. The molecular formula is C24H27N3O3. The van der Waals surface area contributed by atoms with Gasteiger partial charge >= 0.3 is 5.97 Å². The highest BCUT2D eigenvalue weighted by Gasteiger charge is 2.19. The highest BCUT2D eigenvalue weighted by Crippen LogP contribution is 2.38. The summed E-state index contributed by atoms with van der Waals surface area (Å²) in [4.78, 5) is 13.1. The van der Waals surface area contributed by atoms with Gasteiger partial charge in [-0.1, -0.05) is 18.1 Å². The van der Waals surface area contributed by atoms with E-state index in [4.69, 9.17) is 16.2 Å². The number of rotatable bonds is 8. The number of anilines is 1. The molecule has 0 spiro atoms. The van der Waals surface area contributed by atoms with Crippen LogP contribution in [0.3, 0.4) is 0 Å². The maximum atomic E-state index is 11.0. The van der Waals surface area contributed by atoms with E-state index in [1.807, 2.05) is 19.9 Å². The van der Waals surface area contributed by atoms with Gasteiger partial charge < -0.3 is 20.8 Å². The summed E-state index contributed by atoms with van der Waals surface area (Å²) in [6.45, 7) is 7.42. The maximum absolute atomic E-state index is 11.0. The van der Waals surface area contributed by atoms with Crippen LogP contribution in [0.1, 0.15) is 37.5 Å². The first kappa shape index (κ1) is 22.6. The van der Waals surface area contributed by atoms with Crippen LogP contribution >= 0.6 is 0 Å². The van der Waals surface area contributed by atoms with Crippen molar-refractivity contribution in [1.29, 1.82) is 5.41 Å². The summed E-state index contributed by atoms with van der Waals surface area (Å²) in [7, 11) is 0. The van der Waals surface area contributed by atoms with E-state index >= 15 is 0 Å². The van der Waals surface area contributed by atoms with Gasteiger partial charge in [0.25, 0.3) is 0 Å². The Morgan fingerprint density at radius 2 is 1.93 bits per heavy atom. The number of phenols is 1. The molecule has 0 aliphatic heterocycles. The predicted octanol–water partition coefficient (Wildman–Crippen LogP) is 3.85. The normalized spacial score (nSPS) is 10.5. The zero-order valence-corrected chi connectivity index (χ0v) is 17.5. The van der Waals surface area contributed by atoms with Crippen molar-refractivity contribution in [3.8, 4) is 28.7 Å². The van der Waals surface area contributed by atoms with Crippen LogP contribution in [-0.2, 0) is 11.2 Å². The largest absolute Gasteiger partial charge is 0.507 e. The van der Waals surface area contributed by atoms with E-state index in [-0.39, 0.29) is 11.6 Å². The molecule has 0 aliphatic rings. The van der Waals surface area contributed by atoms with Gasteiger partial charge in [0.2, 0.25) is 0 Å². The molecule has 0 saturated carbocycles. The average Bonchev–Trinajstić information content (AvgIpc) is 2.71. The third-order valence-corrected chi connectivity index (χ3v) is 4.87. The van der Waals surface area contributed by atoms with Crippen molar-refractivity contribution in [3.63, 3.8) is 0 Å². The maximum Gasteiger partial charge on any atom is 0.328 e. The minimum atomic E-state index is -1.06. The Morgan fingerprint density at radius 3 is 2.47 bits per heavy atom. The Kier molecular flexibility index (Phi) is 7.65. The number of aliphatic carboxylic acids is 1. The highest BCUT2D eigenvalue weighted by atomic mass is 16.4. The summed E-state index contributed by atoms with van der Waals surface area (Å²) in [5, 5.41) is 27.9. The van der Waals surface area contributed by atoms with E-state index in [2.05, 4.69) is 16.7 Å². The minimum Gasteiger partial charge on any atom is -0.507 e. The first-order valence-electron chi connectivity index (χ1n) is 9.73. The van der Waals surface area contributed by atoms with Gasteiger partial charge in [-0.05, 0) is 50.1 Å². The van der Waals surface area contributed by atoms with Gasteiger partial charge in [-0.15, -0.1) is 5.92 Å². The van der Waals surface area contributed by atoms with Crippen molar-refractivity contribution < 1.29 is 15.0 Å². The lowest BCUT2D eigenvalue weighted by Gasteiger charge is -2.23. The molecular weight excluding hydrogens is 378 g/mol. The van der Waals surface area contributed by atoms with Gasteiger partial charge in [0.1, 0.15) is 11.6 Å². The average molecular weight is 405 g/mol. The molecule has 2 aromatic rings. The number of hydrogen-bond donors (Lipinski definition) is 4. The van der Waals surface area contributed by atoms with Gasteiger partial charge in [0, 0.05) is 54.0 Å². The van der Waals surface area contributed by atoms with Crippen molar-refractivity contribution in [1.82, 2.24) is 0 Å². The van der Waals surface area contributed by atoms with Gasteiger partial charge in [-0.2, -0.15) is 0 Å². The molecule has 6 heteroatoms. The van der Waals surface area contributed by atoms with E-state index in [0.29, 0.717) is 34.2 Å². The summed E-state index contributed by atoms with van der Waals surface area (Å²) in [6, 6.07) is 8.80. The van der Waals surface area contributed by atoms with Gasteiger partial charge in [-0.3, -0.25) is 5.41 Å². The number of nitrogen functional groups attached to an aromatic ring is 1. The molecule has 2 rings (SSSR count). The van der Waals surface area contributed by atoms with Crippen LogP contribution in [0.2, 0.25) is 0 Å². The quantitative estimate of drug-likeness (QED) is 0.231. The lowest BCUT2D eigenvalue weighted by molar-refractivity contribution is -0.131. The number of nitrogens with two attached hydrogens (primary N) is 1. The minimum absolute atomic E-state index is 0.0620. The Balaban J connectivity index is 2.80. The molecule has 0 unspecified atom stereocenters. The SMILES string of the molecule is CC#CCc1c(C=CC(=O)O)ccc(C(=N)N)c1-c1ccc(N(CC)CC)cc1O. The molecule has 0 aromatic heterocycles. The highest BCUT2D eigenvalue weighted by molar-refractivity contribution is 6.04. The summed E-state index contributed by atoms with van der Waals surface area (Å²) < 4.78 is 0. The van der Waals surface area contributed by atoms with Crippen LogP contribution in [0.15, 0.2) is 36.4 Å². The smallest absolute Gasteiger partial charge is 0.328 e. The van der Waals surface area contributed by atoms with Crippen molar-refractivity contribution in [2.45, 2.75) is 27.2 Å². The fourth-order valence-corrected chi connectivity index (χ4v) is 3.40. The lowest BCUT2D eigenvalue weighted by atomic mass is 9.88. The van der Waals surface area contributed by atoms with E-state index in [0.717, 1.165) is 24.9 Å². The third kappa shape index (κ3) is 5.00. The first-order chi connectivity index (χ1) is 14.3.